The van der Waals surface area contributed by atoms with Gasteiger partial charge in [0, 0.05) is 27.6 Å². The number of para-hydroxylation sites is 3. The molecule has 0 bridgehead atoms. The fourth-order valence-electron chi connectivity index (χ4n) is 8.31. The fraction of sp³-hybridized carbons (Fsp3) is 0. The molecule has 0 unspecified atom stereocenters. The van der Waals surface area contributed by atoms with Gasteiger partial charge in [0.05, 0.1) is 28.1 Å². The van der Waals surface area contributed by atoms with Crippen LogP contribution in [-0.2, 0) is 0 Å². The minimum atomic E-state index is 1.08. The van der Waals surface area contributed by atoms with E-state index in [0.717, 1.165) is 33.8 Å². The molecule has 1 heterocycles. The Morgan fingerprint density at radius 1 is 0.304 bits per heavy atom. The smallest absolute Gasteiger partial charge is 0.0562 e. The first-order chi connectivity index (χ1) is 27.8. The lowest BCUT2D eigenvalue weighted by molar-refractivity contribution is 1.18. The highest BCUT2D eigenvalue weighted by atomic mass is 15.2. The van der Waals surface area contributed by atoms with Gasteiger partial charge in [-0.1, -0.05) is 188 Å². The number of fused-ring (bicyclic) bond motifs is 3. The minimum absolute atomic E-state index is 1.08. The van der Waals surface area contributed by atoms with Crippen molar-refractivity contribution in [3.8, 4) is 50.2 Å². The molecule has 0 aliphatic heterocycles. The molecular formula is C54H38N2. The number of nitrogens with zero attached hydrogens (tertiary/aromatic N) is 2. The Morgan fingerprint density at radius 2 is 0.786 bits per heavy atom. The maximum Gasteiger partial charge on any atom is 0.0562 e. The lowest BCUT2D eigenvalue weighted by Gasteiger charge is -2.29. The maximum absolute atomic E-state index is 2.48. The van der Waals surface area contributed by atoms with Crippen molar-refractivity contribution in [2.45, 2.75) is 0 Å². The van der Waals surface area contributed by atoms with Crippen LogP contribution < -0.4 is 4.90 Å². The molecule has 1 aromatic heterocycles. The normalized spacial score (nSPS) is 11.2. The predicted octanol–water partition coefficient (Wildman–Crippen LogP) is 14.9. The van der Waals surface area contributed by atoms with Crippen LogP contribution in [0.1, 0.15) is 0 Å². The molecule has 0 aliphatic rings. The van der Waals surface area contributed by atoms with E-state index in [4.69, 9.17) is 0 Å². The van der Waals surface area contributed by atoms with Gasteiger partial charge in [0.15, 0.2) is 0 Å². The van der Waals surface area contributed by atoms with Crippen molar-refractivity contribution < 1.29 is 0 Å². The van der Waals surface area contributed by atoms with Gasteiger partial charge in [0.1, 0.15) is 0 Å². The van der Waals surface area contributed by atoms with Gasteiger partial charge in [0.25, 0.3) is 0 Å². The number of rotatable bonds is 8. The summed E-state index contributed by atoms with van der Waals surface area (Å²) in [5.74, 6) is 0. The molecule has 10 rings (SSSR count). The Kier molecular flexibility index (Phi) is 8.55. The lowest BCUT2D eigenvalue weighted by atomic mass is 9.93. The van der Waals surface area contributed by atoms with Gasteiger partial charge in [-0.05, 0) is 75.8 Å². The van der Waals surface area contributed by atoms with Crippen LogP contribution in [0.15, 0.2) is 231 Å². The molecule has 0 saturated carbocycles. The third-order valence-corrected chi connectivity index (χ3v) is 10.8. The van der Waals surface area contributed by atoms with Gasteiger partial charge < -0.3 is 9.47 Å². The van der Waals surface area contributed by atoms with Crippen molar-refractivity contribution in [3.05, 3.63) is 231 Å². The van der Waals surface area contributed by atoms with Gasteiger partial charge in [-0.15, -0.1) is 0 Å². The average molecular weight is 715 g/mol. The minimum Gasteiger partial charge on any atom is -0.309 e. The van der Waals surface area contributed by atoms with Gasteiger partial charge in [-0.25, -0.2) is 0 Å². The van der Waals surface area contributed by atoms with Gasteiger partial charge in [0.2, 0.25) is 0 Å². The molecule has 0 saturated heterocycles. The SMILES string of the molecule is c1ccc(-c2ccc(N(c3ccccc3-c3ccccc3)c3cccc4c3c3ccccc3n4-c3ccccc3-c3ccccc3)cc2-c2ccccc2)cc1. The van der Waals surface area contributed by atoms with Crippen molar-refractivity contribution in [1.82, 2.24) is 4.57 Å². The zero-order valence-corrected chi connectivity index (χ0v) is 30.8. The topological polar surface area (TPSA) is 8.17 Å². The summed E-state index contributed by atoms with van der Waals surface area (Å²) in [5, 5.41) is 2.40. The Labute approximate surface area is 327 Å². The molecule has 0 spiro atoms. The molecular weight excluding hydrogens is 677 g/mol. The summed E-state index contributed by atoms with van der Waals surface area (Å²) in [7, 11) is 0. The molecule has 0 N–H and O–H groups in total. The van der Waals surface area contributed by atoms with E-state index in [1.807, 2.05) is 0 Å². The Morgan fingerprint density at radius 3 is 1.46 bits per heavy atom. The zero-order valence-electron chi connectivity index (χ0n) is 30.8. The third kappa shape index (κ3) is 5.85. The molecule has 0 fully saturated rings. The van der Waals surface area contributed by atoms with Crippen LogP contribution in [0.5, 0.6) is 0 Å². The van der Waals surface area contributed by atoms with Crippen molar-refractivity contribution in [1.29, 1.82) is 0 Å². The van der Waals surface area contributed by atoms with Crippen molar-refractivity contribution in [2.75, 3.05) is 4.90 Å². The first-order valence-electron chi connectivity index (χ1n) is 19.2. The highest BCUT2D eigenvalue weighted by molar-refractivity contribution is 6.17. The fourth-order valence-corrected chi connectivity index (χ4v) is 8.31. The molecule has 2 heteroatoms. The second kappa shape index (κ2) is 14.4. The summed E-state index contributed by atoms with van der Waals surface area (Å²) in [6, 6.07) is 83.1. The number of benzene rings is 9. The van der Waals surface area contributed by atoms with Gasteiger partial charge in [-0.3, -0.25) is 0 Å². The van der Waals surface area contributed by atoms with E-state index in [1.165, 1.54) is 55.2 Å². The molecule has 0 atom stereocenters. The maximum atomic E-state index is 2.48. The second-order valence-electron chi connectivity index (χ2n) is 14.1. The second-order valence-corrected chi connectivity index (χ2v) is 14.1. The quantitative estimate of drug-likeness (QED) is 0.152. The summed E-state index contributed by atoms with van der Waals surface area (Å²) >= 11 is 0. The van der Waals surface area contributed by atoms with Crippen LogP contribution >= 0.6 is 0 Å². The third-order valence-electron chi connectivity index (χ3n) is 10.8. The molecule has 0 aliphatic carbocycles. The number of anilines is 3. The first-order valence-corrected chi connectivity index (χ1v) is 19.2. The van der Waals surface area contributed by atoms with Crippen LogP contribution in [0, 0.1) is 0 Å². The monoisotopic (exact) mass is 714 g/mol. The molecule has 9 aromatic carbocycles. The molecule has 264 valence electrons. The Bertz CT molecular complexity index is 2950. The van der Waals surface area contributed by atoms with Crippen molar-refractivity contribution in [3.63, 3.8) is 0 Å². The van der Waals surface area contributed by atoms with Crippen LogP contribution in [0.2, 0.25) is 0 Å². The van der Waals surface area contributed by atoms with E-state index < -0.39 is 0 Å². The van der Waals surface area contributed by atoms with E-state index >= 15 is 0 Å². The number of aromatic nitrogens is 1. The van der Waals surface area contributed by atoms with Crippen molar-refractivity contribution >= 4 is 38.9 Å². The summed E-state index contributed by atoms with van der Waals surface area (Å²) in [5.41, 5.74) is 16.2. The zero-order chi connectivity index (χ0) is 37.3. The predicted molar refractivity (Wildman–Crippen MR) is 237 cm³/mol. The molecule has 0 radical (unpaired) electrons. The van der Waals surface area contributed by atoms with Crippen LogP contribution in [0.4, 0.5) is 17.1 Å². The van der Waals surface area contributed by atoms with E-state index in [-0.39, 0.29) is 0 Å². The van der Waals surface area contributed by atoms with Gasteiger partial charge in [-0.2, -0.15) is 0 Å². The number of hydrogen-bond acceptors (Lipinski definition) is 1. The summed E-state index contributed by atoms with van der Waals surface area (Å²) in [6.07, 6.45) is 0. The summed E-state index contributed by atoms with van der Waals surface area (Å²) < 4.78 is 2.45. The standard InChI is InChI=1S/C54H38N2/c1-5-20-39(21-6-1)44-37-36-43(38-48(44)42-26-11-4-12-27-42)55(49-31-16-13-28-45(49)40-22-7-2-8-23-40)52-34-19-35-53-54(52)47-30-15-18-33-51(47)56(53)50-32-17-14-29-46(50)41-24-9-3-10-25-41/h1-38H. The first kappa shape index (κ1) is 33.2. The van der Waals surface area contributed by atoms with E-state index in [0.29, 0.717) is 0 Å². The number of hydrogen-bond donors (Lipinski definition) is 0. The molecule has 56 heavy (non-hydrogen) atoms. The van der Waals surface area contributed by atoms with Crippen LogP contribution in [-0.4, -0.2) is 4.57 Å². The van der Waals surface area contributed by atoms with Gasteiger partial charge >= 0.3 is 0 Å². The highest BCUT2D eigenvalue weighted by Gasteiger charge is 2.24. The molecule has 2 nitrogen and oxygen atoms in total. The molecule has 0 amide bonds. The van der Waals surface area contributed by atoms with Crippen LogP contribution in [0.25, 0.3) is 72.0 Å². The summed E-state index contributed by atoms with van der Waals surface area (Å²) in [6.45, 7) is 0. The highest BCUT2D eigenvalue weighted by Crippen LogP contribution is 2.48. The average Bonchev–Trinajstić information content (AvgIpc) is 3.63. The Balaban J connectivity index is 1.29. The van der Waals surface area contributed by atoms with Crippen LogP contribution in [0.3, 0.4) is 0 Å². The van der Waals surface area contributed by atoms with E-state index in [9.17, 15) is 0 Å². The van der Waals surface area contributed by atoms with E-state index in [2.05, 4.69) is 240 Å². The lowest BCUT2D eigenvalue weighted by Crippen LogP contribution is -2.12. The largest absolute Gasteiger partial charge is 0.309 e. The summed E-state index contributed by atoms with van der Waals surface area (Å²) in [4.78, 5) is 2.48. The Hall–Kier alpha value is -7.42. The molecule has 10 aromatic rings. The van der Waals surface area contributed by atoms with Crippen molar-refractivity contribution in [2.24, 2.45) is 0 Å². The van der Waals surface area contributed by atoms with E-state index in [1.54, 1.807) is 0 Å².